The molecule has 0 aliphatic carbocycles. The summed E-state index contributed by atoms with van der Waals surface area (Å²) in [7, 11) is 3.26. The molecule has 0 atom stereocenters. The summed E-state index contributed by atoms with van der Waals surface area (Å²) in [6, 6.07) is 7.42. The molecule has 0 aliphatic heterocycles. The van der Waals surface area contributed by atoms with Crippen molar-refractivity contribution in [3.63, 3.8) is 0 Å². The first kappa shape index (κ1) is 13.3. The average molecular weight is 262 g/mol. The zero-order valence-corrected chi connectivity index (χ0v) is 10.6. The number of benzene rings is 1. The lowest BCUT2D eigenvalue weighted by Gasteiger charge is -2.18. The first-order valence-corrected chi connectivity index (χ1v) is 5.57. The Labute approximate surface area is 105 Å². The molecule has 0 saturated carbocycles. The Morgan fingerprint density at radius 1 is 1.38 bits per heavy atom. The molecule has 0 heterocycles. The number of alkyl halides is 2. The minimum absolute atomic E-state index is 0.345. The Morgan fingerprint density at radius 3 is 2.38 bits per heavy atom. The molecular weight excluding hydrogens is 249 g/mol. The fourth-order valence-corrected chi connectivity index (χ4v) is 1.55. The van der Waals surface area contributed by atoms with Crippen molar-refractivity contribution in [2.75, 3.05) is 19.1 Å². The van der Waals surface area contributed by atoms with E-state index in [1.54, 1.807) is 14.2 Å². The van der Waals surface area contributed by atoms with Crippen molar-refractivity contribution in [1.29, 1.82) is 0 Å². The molecule has 0 aliphatic rings. The fraction of sp³-hybridized carbons (Fsp3) is 0.364. The number of amides is 1. The van der Waals surface area contributed by atoms with E-state index in [0.717, 1.165) is 11.3 Å². The lowest BCUT2D eigenvalue weighted by molar-refractivity contribution is -0.116. The van der Waals surface area contributed by atoms with Crippen molar-refractivity contribution < 1.29 is 9.53 Å². The highest BCUT2D eigenvalue weighted by Crippen LogP contribution is 2.17. The highest BCUT2D eigenvalue weighted by Gasteiger charge is 2.17. The highest BCUT2D eigenvalue weighted by molar-refractivity contribution is 6.54. The fourth-order valence-electron chi connectivity index (χ4n) is 1.26. The van der Waals surface area contributed by atoms with Crippen LogP contribution >= 0.6 is 23.2 Å². The van der Waals surface area contributed by atoms with Crippen LogP contribution in [0.1, 0.15) is 5.56 Å². The summed E-state index contributed by atoms with van der Waals surface area (Å²) in [5.41, 5.74) is 1.79. The van der Waals surface area contributed by atoms with Crippen LogP contribution in [0.2, 0.25) is 0 Å². The Morgan fingerprint density at radius 2 is 1.94 bits per heavy atom. The second kappa shape index (κ2) is 6.09. The summed E-state index contributed by atoms with van der Waals surface area (Å²) in [5.74, 6) is -0.345. The van der Waals surface area contributed by atoms with E-state index in [1.807, 2.05) is 24.3 Å². The van der Waals surface area contributed by atoms with Crippen LogP contribution in [0, 0.1) is 0 Å². The van der Waals surface area contributed by atoms with Gasteiger partial charge in [0.15, 0.2) is 4.84 Å². The van der Waals surface area contributed by atoms with Crippen LogP contribution in [0.3, 0.4) is 0 Å². The maximum Gasteiger partial charge on any atom is 0.260 e. The lowest BCUT2D eigenvalue weighted by Crippen LogP contribution is -2.30. The minimum Gasteiger partial charge on any atom is -0.380 e. The smallest absolute Gasteiger partial charge is 0.260 e. The molecule has 88 valence electrons. The molecule has 16 heavy (non-hydrogen) atoms. The third kappa shape index (κ3) is 3.37. The molecule has 1 amide bonds. The number of carbonyl (C=O) groups excluding carboxylic acids is 1. The van der Waals surface area contributed by atoms with Gasteiger partial charge in [0, 0.05) is 19.8 Å². The van der Waals surface area contributed by atoms with E-state index in [4.69, 9.17) is 27.9 Å². The predicted molar refractivity (Wildman–Crippen MR) is 66.1 cm³/mol. The summed E-state index contributed by atoms with van der Waals surface area (Å²) < 4.78 is 4.99. The number of halogens is 2. The van der Waals surface area contributed by atoms with Gasteiger partial charge in [0.25, 0.3) is 5.91 Å². The second-order valence-electron chi connectivity index (χ2n) is 3.30. The third-order valence-corrected chi connectivity index (χ3v) is 2.53. The Hall–Kier alpha value is -0.770. The molecule has 0 spiro atoms. The number of nitrogens with zero attached hydrogens (tertiary/aromatic N) is 1. The monoisotopic (exact) mass is 261 g/mol. The van der Waals surface area contributed by atoms with Gasteiger partial charge in [0.05, 0.1) is 6.61 Å². The van der Waals surface area contributed by atoms with E-state index >= 15 is 0 Å². The van der Waals surface area contributed by atoms with Crippen LogP contribution in [0.25, 0.3) is 0 Å². The van der Waals surface area contributed by atoms with Gasteiger partial charge in [-0.1, -0.05) is 35.3 Å². The van der Waals surface area contributed by atoms with E-state index in [-0.39, 0.29) is 5.91 Å². The van der Waals surface area contributed by atoms with Crippen molar-refractivity contribution >= 4 is 34.8 Å². The molecule has 1 rings (SSSR count). The normalized spacial score (nSPS) is 10.6. The van der Waals surface area contributed by atoms with Crippen LogP contribution < -0.4 is 4.90 Å². The molecule has 3 nitrogen and oxygen atoms in total. The molecule has 0 saturated heterocycles. The molecule has 1 aromatic rings. The summed E-state index contributed by atoms with van der Waals surface area (Å²) in [5, 5.41) is 0. The van der Waals surface area contributed by atoms with Gasteiger partial charge in [-0.05, 0) is 17.7 Å². The van der Waals surface area contributed by atoms with Gasteiger partial charge in [-0.2, -0.15) is 0 Å². The topological polar surface area (TPSA) is 29.5 Å². The van der Waals surface area contributed by atoms with Gasteiger partial charge in [0.2, 0.25) is 0 Å². The summed E-state index contributed by atoms with van der Waals surface area (Å²) in [4.78, 5) is 11.9. The zero-order chi connectivity index (χ0) is 12.1. The SMILES string of the molecule is COCc1ccc(N(C)C(=O)C(Cl)Cl)cc1. The van der Waals surface area contributed by atoms with Crippen molar-refractivity contribution in [3.05, 3.63) is 29.8 Å². The Balaban J connectivity index is 2.77. The second-order valence-corrected chi connectivity index (χ2v) is 4.39. The van der Waals surface area contributed by atoms with Gasteiger partial charge in [0.1, 0.15) is 0 Å². The number of carbonyl (C=O) groups is 1. The molecule has 0 radical (unpaired) electrons. The Bertz CT molecular complexity index is 352. The summed E-state index contributed by atoms with van der Waals surface area (Å²) in [6.45, 7) is 0.547. The number of rotatable bonds is 4. The maximum absolute atomic E-state index is 11.5. The largest absolute Gasteiger partial charge is 0.380 e. The van der Waals surface area contributed by atoms with E-state index in [2.05, 4.69) is 0 Å². The zero-order valence-electron chi connectivity index (χ0n) is 9.11. The van der Waals surface area contributed by atoms with Crippen LogP contribution in [0.15, 0.2) is 24.3 Å². The van der Waals surface area contributed by atoms with Crippen LogP contribution in [-0.2, 0) is 16.1 Å². The average Bonchev–Trinajstić information content (AvgIpc) is 2.28. The summed E-state index contributed by atoms with van der Waals surface area (Å²) in [6.07, 6.45) is 0. The van der Waals surface area contributed by atoms with E-state index in [1.165, 1.54) is 4.90 Å². The van der Waals surface area contributed by atoms with Gasteiger partial charge >= 0.3 is 0 Å². The maximum atomic E-state index is 11.5. The summed E-state index contributed by atoms with van der Waals surface area (Å²) >= 11 is 11.0. The first-order chi connectivity index (χ1) is 7.56. The van der Waals surface area contributed by atoms with E-state index in [9.17, 15) is 4.79 Å². The molecule has 5 heteroatoms. The lowest BCUT2D eigenvalue weighted by atomic mass is 10.2. The van der Waals surface area contributed by atoms with Crippen molar-refractivity contribution in [2.24, 2.45) is 0 Å². The number of anilines is 1. The standard InChI is InChI=1S/C11H13Cl2NO2/c1-14(11(15)10(12)13)9-5-3-8(4-6-9)7-16-2/h3-6,10H,7H2,1-2H3. The predicted octanol–water partition coefficient (Wildman–Crippen LogP) is 2.60. The Kier molecular flexibility index (Phi) is 5.06. The van der Waals surface area contributed by atoms with Crippen LogP contribution in [-0.4, -0.2) is 24.9 Å². The number of hydrogen-bond acceptors (Lipinski definition) is 2. The molecule has 1 aromatic carbocycles. The van der Waals surface area contributed by atoms with Crippen LogP contribution in [0.5, 0.6) is 0 Å². The van der Waals surface area contributed by atoms with Gasteiger partial charge in [-0.3, -0.25) is 4.79 Å². The molecule has 0 N–H and O–H groups in total. The molecular formula is C11H13Cl2NO2. The molecule has 0 aromatic heterocycles. The van der Waals surface area contributed by atoms with Crippen molar-refractivity contribution in [2.45, 2.75) is 11.4 Å². The molecule has 0 fully saturated rings. The van der Waals surface area contributed by atoms with E-state index in [0.29, 0.717) is 6.61 Å². The number of ether oxygens (including phenoxy) is 1. The van der Waals surface area contributed by atoms with Crippen molar-refractivity contribution in [3.8, 4) is 0 Å². The van der Waals surface area contributed by atoms with Gasteiger partial charge in [-0.15, -0.1) is 0 Å². The number of hydrogen-bond donors (Lipinski definition) is 0. The van der Waals surface area contributed by atoms with Gasteiger partial charge < -0.3 is 9.64 Å². The quantitative estimate of drug-likeness (QED) is 0.780. The van der Waals surface area contributed by atoms with Crippen molar-refractivity contribution in [1.82, 2.24) is 0 Å². The first-order valence-electron chi connectivity index (χ1n) is 4.70. The highest BCUT2D eigenvalue weighted by atomic mass is 35.5. The van der Waals surface area contributed by atoms with Gasteiger partial charge in [-0.25, -0.2) is 0 Å². The molecule has 0 unspecified atom stereocenters. The minimum atomic E-state index is -1.04. The number of methoxy groups -OCH3 is 1. The third-order valence-electron chi connectivity index (χ3n) is 2.15. The molecule has 0 bridgehead atoms. The van der Waals surface area contributed by atoms with Crippen LogP contribution in [0.4, 0.5) is 5.69 Å². The van der Waals surface area contributed by atoms with E-state index < -0.39 is 4.84 Å².